The van der Waals surface area contributed by atoms with Crippen molar-refractivity contribution in [3.63, 3.8) is 0 Å². The molecule has 3 nitrogen and oxygen atoms in total. The Morgan fingerprint density at radius 2 is 2.10 bits per heavy atom. The third-order valence-electron chi connectivity index (χ3n) is 3.76. The number of rotatable bonds is 1. The minimum atomic E-state index is -4.68. The molecule has 1 aromatic carbocycles. The number of nitrogens with one attached hydrogen (secondary N) is 1. The first-order chi connectivity index (χ1) is 9.23. The number of alkyl halides is 3. The quantitative estimate of drug-likeness (QED) is 0.858. The highest BCUT2D eigenvalue weighted by Gasteiger charge is 2.42. The maximum Gasteiger partial charge on any atom is 0.573 e. The topological polar surface area (TPSA) is 30.5 Å². The molecule has 1 N–H and O–H groups in total. The fraction of sp³-hybridized carbons (Fsp3) is 0.571. The first-order valence-corrected chi connectivity index (χ1v) is 6.53. The van der Waals surface area contributed by atoms with Crippen LogP contribution < -0.4 is 14.8 Å². The summed E-state index contributed by atoms with van der Waals surface area (Å²) >= 11 is 0. The maximum atomic E-state index is 12.2. The van der Waals surface area contributed by atoms with E-state index in [1.54, 1.807) is 6.07 Å². The molecular weight excluding hydrogens is 271 g/mol. The van der Waals surface area contributed by atoms with Crippen LogP contribution in [0.2, 0.25) is 0 Å². The molecule has 0 amide bonds. The van der Waals surface area contributed by atoms with E-state index in [1.165, 1.54) is 12.1 Å². The second kappa shape index (κ2) is 4.28. The molecular formula is C14H16F3NO2. The number of hydrogen-bond donors (Lipinski definition) is 1. The Kier molecular flexibility index (Phi) is 2.90. The van der Waals surface area contributed by atoms with Gasteiger partial charge < -0.3 is 14.8 Å². The highest BCUT2D eigenvalue weighted by atomic mass is 19.4. The molecule has 1 saturated heterocycles. The second-order valence-electron chi connectivity index (χ2n) is 6.13. The number of benzene rings is 1. The Bertz CT molecular complexity index is 528. The monoisotopic (exact) mass is 287 g/mol. The Balaban J connectivity index is 1.83. The van der Waals surface area contributed by atoms with Gasteiger partial charge in [-0.2, -0.15) is 0 Å². The molecule has 2 heterocycles. The minimum Gasteiger partial charge on any atom is -0.488 e. The molecule has 0 saturated carbocycles. The maximum absolute atomic E-state index is 12.2. The number of hydrogen-bond acceptors (Lipinski definition) is 3. The van der Waals surface area contributed by atoms with Crippen molar-refractivity contribution in [2.75, 3.05) is 6.54 Å². The van der Waals surface area contributed by atoms with Crippen molar-refractivity contribution in [2.45, 2.75) is 38.8 Å². The van der Waals surface area contributed by atoms with Crippen LogP contribution in [0.4, 0.5) is 13.2 Å². The summed E-state index contributed by atoms with van der Waals surface area (Å²) < 4.78 is 46.4. The van der Waals surface area contributed by atoms with Gasteiger partial charge in [0, 0.05) is 18.2 Å². The molecule has 1 aromatic rings. The molecule has 2 aliphatic heterocycles. The van der Waals surface area contributed by atoms with Gasteiger partial charge in [0.05, 0.1) is 6.04 Å². The summed E-state index contributed by atoms with van der Waals surface area (Å²) in [6, 6.07) is 4.35. The van der Waals surface area contributed by atoms with Crippen molar-refractivity contribution in [3.05, 3.63) is 23.8 Å². The lowest BCUT2D eigenvalue weighted by molar-refractivity contribution is -0.274. The molecule has 20 heavy (non-hydrogen) atoms. The average molecular weight is 287 g/mol. The van der Waals surface area contributed by atoms with Gasteiger partial charge in [0.15, 0.2) is 0 Å². The predicted molar refractivity (Wildman–Crippen MR) is 66.7 cm³/mol. The van der Waals surface area contributed by atoms with Crippen molar-refractivity contribution in [2.24, 2.45) is 5.41 Å². The van der Waals surface area contributed by atoms with E-state index in [0.29, 0.717) is 5.75 Å². The largest absolute Gasteiger partial charge is 0.573 e. The van der Waals surface area contributed by atoms with Crippen LogP contribution in [-0.4, -0.2) is 19.0 Å². The first kappa shape index (κ1) is 13.5. The Morgan fingerprint density at radius 3 is 2.80 bits per heavy atom. The molecule has 0 bridgehead atoms. The van der Waals surface area contributed by atoms with Gasteiger partial charge in [-0.1, -0.05) is 13.8 Å². The molecule has 3 rings (SSSR count). The molecule has 2 atom stereocenters. The van der Waals surface area contributed by atoms with E-state index < -0.39 is 6.36 Å². The van der Waals surface area contributed by atoms with Crippen LogP contribution in [-0.2, 0) is 0 Å². The molecule has 110 valence electrons. The van der Waals surface area contributed by atoms with Gasteiger partial charge in [-0.05, 0) is 24.0 Å². The van der Waals surface area contributed by atoms with Gasteiger partial charge in [-0.15, -0.1) is 13.2 Å². The van der Waals surface area contributed by atoms with Crippen LogP contribution in [0.3, 0.4) is 0 Å². The lowest BCUT2D eigenvalue weighted by Crippen LogP contribution is -2.46. The zero-order chi connectivity index (χ0) is 14.5. The van der Waals surface area contributed by atoms with E-state index >= 15 is 0 Å². The van der Waals surface area contributed by atoms with Gasteiger partial charge in [0.25, 0.3) is 0 Å². The van der Waals surface area contributed by atoms with Crippen LogP contribution in [0.5, 0.6) is 11.5 Å². The van der Waals surface area contributed by atoms with Gasteiger partial charge in [-0.3, -0.25) is 0 Å². The van der Waals surface area contributed by atoms with Crippen molar-refractivity contribution < 1.29 is 22.6 Å². The summed E-state index contributed by atoms with van der Waals surface area (Å²) in [7, 11) is 0. The van der Waals surface area contributed by atoms with E-state index in [2.05, 4.69) is 23.9 Å². The van der Waals surface area contributed by atoms with E-state index in [9.17, 15) is 13.2 Å². The molecule has 1 fully saturated rings. The van der Waals surface area contributed by atoms with Crippen LogP contribution >= 0.6 is 0 Å². The van der Waals surface area contributed by atoms with Crippen molar-refractivity contribution in [1.82, 2.24) is 5.32 Å². The van der Waals surface area contributed by atoms with E-state index in [-0.39, 0.29) is 23.3 Å². The molecule has 6 heteroatoms. The van der Waals surface area contributed by atoms with Gasteiger partial charge in [0.1, 0.15) is 17.6 Å². The average Bonchev–Trinajstić information content (AvgIpc) is 2.61. The van der Waals surface area contributed by atoms with Crippen LogP contribution in [0.1, 0.15) is 31.9 Å². The highest BCUT2D eigenvalue weighted by Crippen LogP contribution is 2.45. The highest BCUT2D eigenvalue weighted by molar-refractivity contribution is 5.46. The van der Waals surface area contributed by atoms with Crippen LogP contribution in [0.15, 0.2) is 18.2 Å². The van der Waals surface area contributed by atoms with Crippen LogP contribution in [0, 0.1) is 5.41 Å². The lowest BCUT2D eigenvalue weighted by Gasteiger charge is -2.37. The van der Waals surface area contributed by atoms with Gasteiger partial charge >= 0.3 is 6.36 Å². The molecule has 0 aliphatic carbocycles. The van der Waals surface area contributed by atoms with Gasteiger partial charge in [0.2, 0.25) is 0 Å². The summed E-state index contributed by atoms with van der Waals surface area (Å²) in [5.41, 5.74) is 1.02. The number of ether oxygens (including phenoxy) is 2. The fourth-order valence-corrected chi connectivity index (χ4v) is 2.91. The fourth-order valence-electron chi connectivity index (χ4n) is 2.91. The second-order valence-corrected chi connectivity index (χ2v) is 6.13. The van der Waals surface area contributed by atoms with Crippen molar-refractivity contribution >= 4 is 0 Å². The summed E-state index contributed by atoms with van der Waals surface area (Å²) in [5, 5.41) is 3.41. The predicted octanol–water partition coefficient (Wildman–Crippen LogP) is 3.41. The van der Waals surface area contributed by atoms with Gasteiger partial charge in [-0.25, -0.2) is 0 Å². The summed E-state index contributed by atoms with van der Waals surface area (Å²) in [5.74, 6) is 0.237. The van der Waals surface area contributed by atoms with Crippen LogP contribution in [0.25, 0.3) is 0 Å². The van der Waals surface area contributed by atoms with E-state index in [4.69, 9.17) is 4.74 Å². The zero-order valence-corrected chi connectivity index (χ0v) is 11.3. The standard InChI is InChI=1S/C14H16F3NO2/c1-13(2)6-11-12(18-7-13)9-4-3-8(5-10(9)19-11)20-14(15,16)17/h3-5,11-12,18H,6-7H2,1-2H3/t11?,12-/m0/s1. The Labute approximate surface area is 115 Å². The number of halogens is 3. The van der Waals surface area contributed by atoms with Crippen molar-refractivity contribution in [1.29, 1.82) is 0 Å². The minimum absolute atomic E-state index is 0.0325. The number of fused-ring (bicyclic) bond motifs is 3. The number of piperidine rings is 1. The lowest BCUT2D eigenvalue weighted by atomic mass is 9.80. The third kappa shape index (κ3) is 2.57. The van der Waals surface area contributed by atoms with Crippen molar-refractivity contribution in [3.8, 4) is 11.5 Å². The normalized spacial score (nSPS) is 27.4. The molecule has 2 aliphatic rings. The Morgan fingerprint density at radius 1 is 1.35 bits per heavy atom. The SMILES string of the molecule is CC1(C)CN[C@H]2c3ccc(OC(F)(F)F)cc3OC2C1. The zero-order valence-electron chi connectivity index (χ0n) is 11.3. The summed E-state index contributed by atoms with van der Waals surface area (Å²) in [4.78, 5) is 0. The van der Waals surface area contributed by atoms with E-state index in [1.807, 2.05) is 0 Å². The molecule has 0 aromatic heterocycles. The summed E-state index contributed by atoms with van der Waals surface area (Å²) in [6.07, 6.45) is -3.84. The molecule has 0 radical (unpaired) electrons. The van der Waals surface area contributed by atoms with E-state index in [0.717, 1.165) is 18.5 Å². The molecule has 0 spiro atoms. The Hall–Kier alpha value is -1.43. The first-order valence-electron chi connectivity index (χ1n) is 6.53. The molecule has 1 unspecified atom stereocenters. The summed E-state index contributed by atoms with van der Waals surface area (Å²) in [6.45, 7) is 5.14. The third-order valence-corrected chi connectivity index (χ3v) is 3.76. The smallest absolute Gasteiger partial charge is 0.488 e.